The van der Waals surface area contributed by atoms with Crippen molar-refractivity contribution in [2.45, 2.75) is 45.1 Å². The fourth-order valence-corrected chi connectivity index (χ4v) is 3.27. The van der Waals surface area contributed by atoms with Gasteiger partial charge < -0.3 is 5.32 Å². The van der Waals surface area contributed by atoms with Gasteiger partial charge in [0.1, 0.15) is 0 Å². The highest BCUT2D eigenvalue weighted by molar-refractivity contribution is 6.24. The predicted octanol–water partition coefficient (Wildman–Crippen LogP) is 2.57. The van der Waals surface area contributed by atoms with Crippen molar-refractivity contribution in [3.8, 4) is 0 Å². The summed E-state index contributed by atoms with van der Waals surface area (Å²) in [5.74, 6) is -0.750. The fourth-order valence-electron chi connectivity index (χ4n) is 3.27. The third-order valence-corrected chi connectivity index (χ3v) is 4.20. The van der Waals surface area contributed by atoms with Crippen LogP contribution >= 0.6 is 0 Å². The van der Waals surface area contributed by atoms with Crippen LogP contribution in [0, 0.1) is 0 Å². The van der Waals surface area contributed by atoms with E-state index in [4.69, 9.17) is 0 Å². The molecule has 1 saturated carbocycles. The summed E-state index contributed by atoms with van der Waals surface area (Å²) < 4.78 is 0. The van der Waals surface area contributed by atoms with Crippen LogP contribution in [0.3, 0.4) is 0 Å². The van der Waals surface area contributed by atoms with Gasteiger partial charge in [-0.3, -0.25) is 19.3 Å². The Morgan fingerprint density at radius 3 is 2.52 bits per heavy atom. The van der Waals surface area contributed by atoms with Crippen molar-refractivity contribution in [3.63, 3.8) is 0 Å². The van der Waals surface area contributed by atoms with Crippen molar-refractivity contribution in [1.82, 2.24) is 4.90 Å². The van der Waals surface area contributed by atoms with Gasteiger partial charge in [-0.2, -0.15) is 0 Å². The molecule has 0 radical (unpaired) electrons. The summed E-state index contributed by atoms with van der Waals surface area (Å²) in [5, 5.41) is 2.64. The molecular formula is C16H18N2O3. The number of nitrogens with zero attached hydrogens (tertiary/aromatic N) is 1. The second kappa shape index (κ2) is 5.31. The SMILES string of the molecule is CC(=O)Nc1cccc2c1C(=O)N(C1CCCCC1)C2=O. The van der Waals surface area contributed by atoms with Crippen LogP contribution in [0.15, 0.2) is 18.2 Å². The number of hydrogen-bond donors (Lipinski definition) is 1. The van der Waals surface area contributed by atoms with E-state index in [1.54, 1.807) is 18.2 Å². The minimum atomic E-state index is -0.272. The van der Waals surface area contributed by atoms with Crippen LogP contribution in [0.5, 0.6) is 0 Å². The number of anilines is 1. The van der Waals surface area contributed by atoms with E-state index in [-0.39, 0.29) is 23.8 Å². The third kappa shape index (κ3) is 2.33. The Bertz CT molecular complexity index is 618. The molecule has 0 aromatic heterocycles. The molecule has 1 aromatic rings. The molecule has 0 spiro atoms. The quantitative estimate of drug-likeness (QED) is 0.850. The smallest absolute Gasteiger partial charge is 0.263 e. The standard InChI is InChI=1S/C16H18N2O3/c1-10(19)17-13-9-5-8-12-14(13)16(21)18(15(12)20)11-6-3-2-4-7-11/h5,8-9,11H,2-4,6-7H2,1H3,(H,17,19). The largest absolute Gasteiger partial charge is 0.326 e. The van der Waals surface area contributed by atoms with Crippen molar-refractivity contribution < 1.29 is 14.4 Å². The molecule has 1 aliphatic carbocycles. The molecule has 1 aliphatic heterocycles. The first kappa shape index (κ1) is 13.8. The lowest BCUT2D eigenvalue weighted by Crippen LogP contribution is -2.41. The molecule has 5 heteroatoms. The Balaban J connectivity index is 1.97. The van der Waals surface area contributed by atoms with Crippen LogP contribution in [-0.2, 0) is 4.79 Å². The van der Waals surface area contributed by atoms with Crippen LogP contribution in [0.25, 0.3) is 0 Å². The average Bonchev–Trinajstić information content (AvgIpc) is 2.72. The Morgan fingerprint density at radius 2 is 1.86 bits per heavy atom. The molecule has 0 unspecified atom stereocenters. The number of benzene rings is 1. The van der Waals surface area contributed by atoms with Crippen LogP contribution in [-0.4, -0.2) is 28.7 Å². The molecule has 1 aromatic carbocycles. The van der Waals surface area contributed by atoms with E-state index in [1.165, 1.54) is 11.8 Å². The van der Waals surface area contributed by atoms with E-state index in [0.29, 0.717) is 16.8 Å². The summed E-state index contributed by atoms with van der Waals surface area (Å²) >= 11 is 0. The first-order valence-electron chi connectivity index (χ1n) is 7.38. The van der Waals surface area contributed by atoms with E-state index in [1.807, 2.05) is 0 Å². The van der Waals surface area contributed by atoms with Crippen molar-refractivity contribution in [1.29, 1.82) is 0 Å². The summed E-state index contributed by atoms with van der Waals surface area (Å²) in [7, 11) is 0. The molecular weight excluding hydrogens is 268 g/mol. The van der Waals surface area contributed by atoms with Crippen LogP contribution in [0.2, 0.25) is 0 Å². The number of hydrogen-bond acceptors (Lipinski definition) is 3. The molecule has 110 valence electrons. The van der Waals surface area contributed by atoms with Crippen molar-refractivity contribution in [2.75, 3.05) is 5.32 Å². The second-order valence-corrected chi connectivity index (χ2v) is 5.68. The van der Waals surface area contributed by atoms with E-state index in [9.17, 15) is 14.4 Å². The summed E-state index contributed by atoms with van der Waals surface area (Å²) in [5.41, 5.74) is 1.16. The zero-order valence-electron chi connectivity index (χ0n) is 12.0. The number of carbonyl (C=O) groups is 3. The monoisotopic (exact) mass is 286 g/mol. The highest BCUT2D eigenvalue weighted by atomic mass is 16.2. The van der Waals surface area contributed by atoms with Gasteiger partial charge in [0, 0.05) is 13.0 Å². The lowest BCUT2D eigenvalue weighted by molar-refractivity contribution is -0.114. The van der Waals surface area contributed by atoms with Crippen LogP contribution in [0.4, 0.5) is 5.69 Å². The Hall–Kier alpha value is -2.17. The van der Waals surface area contributed by atoms with Gasteiger partial charge in [0.15, 0.2) is 0 Å². The summed E-state index contributed by atoms with van der Waals surface area (Å²) in [6.07, 6.45) is 5.02. The molecule has 2 aliphatic rings. The van der Waals surface area contributed by atoms with Gasteiger partial charge in [-0.25, -0.2) is 0 Å². The summed E-state index contributed by atoms with van der Waals surface area (Å²) in [6, 6.07) is 5.01. The van der Waals surface area contributed by atoms with Crippen molar-refractivity contribution in [3.05, 3.63) is 29.3 Å². The molecule has 1 N–H and O–H groups in total. The zero-order chi connectivity index (χ0) is 15.0. The van der Waals surface area contributed by atoms with Crippen molar-refractivity contribution >= 4 is 23.4 Å². The number of imide groups is 1. The number of amides is 3. The highest BCUT2D eigenvalue weighted by Gasteiger charge is 2.41. The van der Waals surface area contributed by atoms with Gasteiger partial charge in [0.2, 0.25) is 5.91 Å². The van der Waals surface area contributed by atoms with E-state index < -0.39 is 0 Å². The van der Waals surface area contributed by atoms with Crippen LogP contribution < -0.4 is 5.32 Å². The summed E-state index contributed by atoms with van der Waals surface area (Å²) in [6.45, 7) is 1.39. The number of fused-ring (bicyclic) bond motifs is 1. The zero-order valence-corrected chi connectivity index (χ0v) is 12.0. The molecule has 0 atom stereocenters. The maximum absolute atomic E-state index is 12.7. The lowest BCUT2D eigenvalue weighted by atomic mass is 9.94. The number of carbonyl (C=O) groups excluding carboxylic acids is 3. The first-order valence-corrected chi connectivity index (χ1v) is 7.38. The Kier molecular flexibility index (Phi) is 3.49. The maximum atomic E-state index is 12.7. The lowest BCUT2D eigenvalue weighted by Gasteiger charge is -2.29. The second-order valence-electron chi connectivity index (χ2n) is 5.68. The molecule has 5 nitrogen and oxygen atoms in total. The molecule has 21 heavy (non-hydrogen) atoms. The Labute approximate surface area is 123 Å². The number of rotatable bonds is 2. The molecule has 3 rings (SSSR count). The highest BCUT2D eigenvalue weighted by Crippen LogP contribution is 2.34. The number of nitrogens with one attached hydrogen (secondary N) is 1. The summed E-state index contributed by atoms with van der Waals surface area (Å²) in [4.78, 5) is 37.9. The van der Waals surface area contributed by atoms with E-state index in [0.717, 1.165) is 32.1 Å². The fraction of sp³-hybridized carbons (Fsp3) is 0.438. The normalized spacial score (nSPS) is 18.8. The molecule has 1 heterocycles. The van der Waals surface area contributed by atoms with Gasteiger partial charge in [-0.1, -0.05) is 25.3 Å². The average molecular weight is 286 g/mol. The molecule has 1 fully saturated rings. The van der Waals surface area contributed by atoms with Gasteiger partial charge in [0.25, 0.3) is 11.8 Å². The Morgan fingerprint density at radius 1 is 1.14 bits per heavy atom. The maximum Gasteiger partial charge on any atom is 0.263 e. The first-order chi connectivity index (χ1) is 10.1. The van der Waals surface area contributed by atoms with Crippen LogP contribution in [0.1, 0.15) is 59.7 Å². The van der Waals surface area contributed by atoms with Crippen molar-refractivity contribution in [2.24, 2.45) is 0 Å². The molecule has 3 amide bonds. The minimum absolute atomic E-state index is 0.00340. The van der Waals surface area contributed by atoms with Gasteiger partial charge in [0.05, 0.1) is 16.8 Å². The third-order valence-electron chi connectivity index (χ3n) is 4.20. The molecule has 0 bridgehead atoms. The van der Waals surface area contributed by atoms with Gasteiger partial charge in [-0.15, -0.1) is 0 Å². The van der Waals surface area contributed by atoms with E-state index in [2.05, 4.69) is 5.32 Å². The van der Waals surface area contributed by atoms with E-state index >= 15 is 0 Å². The predicted molar refractivity (Wildman–Crippen MR) is 78.1 cm³/mol. The minimum Gasteiger partial charge on any atom is -0.326 e. The molecule has 0 saturated heterocycles. The van der Waals surface area contributed by atoms with Gasteiger partial charge in [-0.05, 0) is 25.0 Å². The van der Waals surface area contributed by atoms with Gasteiger partial charge >= 0.3 is 0 Å². The topological polar surface area (TPSA) is 66.5 Å².